The predicted molar refractivity (Wildman–Crippen MR) is 55.0 cm³/mol. The molecule has 0 aliphatic rings. The zero-order valence-corrected chi connectivity index (χ0v) is 9.96. The van der Waals surface area contributed by atoms with Gasteiger partial charge in [0.15, 0.2) is 19.7 Å². The van der Waals surface area contributed by atoms with E-state index in [2.05, 4.69) is 0 Å². The molecule has 0 fully saturated rings. The highest BCUT2D eigenvalue weighted by atomic mass is 32.2. The Morgan fingerprint density at radius 1 is 1.14 bits per heavy atom. The van der Waals surface area contributed by atoms with Crippen molar-refractivity contribution in [3.8, 4) is 0 Å². The van der Waals surface area contributed by atoms with Crippen LogP contribution in [0.2, 0.25) is 0 Å². The number of hydrogen-bond donors (Lipinski definition) is 1. The van der Waals surface area contributed by atoms with Crippen LogP contribution in [-0.4, -0.2) is 29.3 Å². The number of hydrogen-bond acceptors (Lipinski definition) is 6. The van der Waals surface area contributed by atoms with Crippen LogP contribution in [0.3, 0.4) is 0 Å². The summed E-state index contributed by atoms with van der Waals surface area (Å²) in [5.74, 6) is 0. The highest BCUT2D eigenvalue weighted by molar-refractivity contribution is 7.93. The molecule has 0 aliphatic carbocycles. The van der Waals surface area contributed by atoms with E-state index < -0.39 is 19.7 Å². The molecule has 5 nitrogen and oxygen atoms in total. The minimum Gasteiger partial charge on any atom is -0.389 e. The van der Waals surface area contributed by atoms with Crippen LogP contribution < -0.4 is 5.73 Å². The van der Waals surface area contributed by atoms with E-state index in [0.29, 0.717) is 0 Å². The van der Waals surface area contributed by atoms with E-state index in [1.54, 1.807) is 0 Å². The summed E-state index contributed by atoms with van der Waals surface area (Å²) in [5.41, 5.74) is 5.40. The summed E-state index contributed by atoms with van der Waals surface area (Å²) in [4.78, 5) is -0.122. The van der Waals surface area contributed by atoms with Gasteiger partial charge in [0.2, 0.25) is 0 Å². The average molecular weight is 255 g/mol. The lowest BCUT2D eigenvalue weighted by molar-refractivity contribution is 0.602. The number of thiophene rings is 1. The first-order valence-corrected chi connectivity index (χ1v) is 8.02. The van der Waals surface area contributed by atoms with Gasteiger partial charge >= 0.3 is 0 Å². The van der Waals surface area contributed by atoms with Gasteiger partial charge in [0.1, 0.15) is 14.1 Å². The van der Waals surface area contributed by atoms with E-state index in [4.69, 9.17) is 5.73 Å². The zero-order valence-electron chi connectivity index (χ0n) is 7.51. The Kier molecular flexibility index (Phi) is 2.63. The summed E-state index contributed by atoms with van der Waals surface area (Å²) < 4.78 is 44.4. The third-order valence-corrected chi connectivity index (χ3v) is 5.50. The van der Waals surface area contributed by atoms with Crippen LogP contribution in [0.25, 0.3) is 0 Å². The molecule has 0 radical (unpaired) electrons. The van der Waals surface area contributed by atoms with Crippen molar-refractivity contribution in [1.82, 2.24) is 0 Å². The van der Waals surface area contributed by atoms with Gasteiger partial charge in [-0.1, -0.05) is 0 Å². The summed E-state index contributed by atoms with van der Waals surface area (Å²) >= 11 is 0.759. The maximum atomic E-state index is 11.1. The Bertz CT molecular complexity index is 552. The number of anilines is 1. The first-order chi connectivity index (χ1) is 6.12. The standard InChI is InChI=1S/C6H9NO4S3/c1-13(8,9)4-3-5(12-6(4)7)14(2,10)11/h3H,7H2,1-2H3. The normalized spacial score (nSPS) is 13.0. The molecule has 14 heavy (non-hydrogen) atoms. The summed E-state index contributed by atoms with van der Waals surface area (Å²) in [5, 5.41) is 0.00734. The SMILES string of the molecule is CS(=O)(=O)c1cc(S(C)(=O)=O)c(N)s1. The van der Waals surface area contributed by atoms with E-state index in [1.165, 1.54) is 0 Å². The number of rotatable bonds is 2. The second kappa shape index (κ2) is 3.21. The minimum absolute atomic E-state index is 0.00734. The molecule has 1 aromatic rings. The maximum absolute atomic E-state index is 11.1. The van der Waals surface area contributed by atoms with Crippen molar-refractivity contribution >= 4 is 36.0 Å². The lowest BCUT2D eigenvalue weighted by Gasteiger charge is -1.92. The summed E-state index contributed by atoms with van der Waals surface area (Å²) in [7, 11) is -6.84. The van der Waals surface area contributed by atoms with Crippen molar-refractivity contribution in [3.05, 3.63) is 6.07 Å². The van der Waals surface area contributed by atoms with Crippen LogP contribution in [0.15, 0.2) is 15.2 Å². The molecule has 0 amide bonds. The molecular weight excluding hydrogens is 246 g/mol. The van der Waals surface area contributed by atoms with Crippen LogP contribution >= 0.6 is 11.3 Å². The Balaban J connectivity index is 3.49. The summed E-state index contributed by atoms with van der Waals surface area (Å²) in [6, 6.07) is 1.09. The smallest absolute Gasteiger partial charge is 0.184 e. The zero-order chi connectivity index (χ0) is 11.1. The van der Waals surface area contributed by atoms with Crippen LogP contribution in [0, 0.1) is 0 Å². The number of sulfone groups is 2. The van der Waals surface area contributed by atoms with Crippen LogP contribution in [0.4, 0.5) is 5.00 Å². The molecule has 0 aliphatic heterocycles. The maximum Gasteiger partial charge on any atom is 0.184 e. The van der Waals surface area contributed by atoms with Crippen molar-refractivity contribution in [3.63, 3.8) is 0 Å². The van der Waals surface area contributed by atoms with E-state index in [0.717, 1.165) is 29.9 Å². The molecule has 0 bridgehead atoms. The molecule has 1 rings (SSSR count). The van der Waals surface area contributed by atoms with Gasteiger partial charge in [0.05, 0.1) is 0 Å². The van der Waals surface area contributed by atoms with Gasteiger partial charge in [-0.15, -0.1) is 11.3 Å². The van der Waals surface area contributed by atoms with Gasteiger partial charge in [-0.2, -0.15) is 0 Å². The topological polar surface area (TPSA) is 94.3 Å². The van der Waals surface area contributed by atoms with E-state index in [9.17, 15) is 16.8 Å². The third-order valence-electron chi connectivity index (χ3n) is 1.47. The first-order valence-electron chi connectivity index (χ1n) is 3.42. The van der Waals surface area contributed by atoms with Gasteiger partial charge in [-0.25, -0.2) is 16.8 Å². The molecule has 1 aromatic heterocycles. The quantitative estimate of drug-likeness (QED) is 0.811. The molecular formula is C6H9NO4S3. The van der Waals surface area contributed by atoms with Gasteiger partial charge in [0, 0.05) is 12.5 Å². The van der Waals surface area contributed by atoms with Crippen molar-refractivity contribution in [2.24, 2.45) is 0 Å². The van der Waals surface area contributed by atoms with Gasteiger partial charge < -0.3 is 5.73 Å². The van der Waals surface area contributed by atoms with Crippen LogP contribution in [-0.2, 0) is 19.7 Å². The predicted octanol–water partition coefficient (Wildman–Crippen LogP) is 0.137. The van der Waals surface area contributed by atoms with Crippen LogP contribution in [0.1, 0.15) is 0 Å². The van der Waals surface area contributed by atoms with Crippen LogP contribution in [0.5, 0.6) is 0 Å². The fourth-order valence-electron chi connectivity index (χ4n) is 0.839. The second-order valence-corrected chi connectivity index (χ2v) is 8.15. The largest absolute Gasteiger partial charge is 0.389 e. The Morgan fingerprint density at radius 2 is 1.64 bits per heavy atom. The summed E-state index contributed by atoms with van der Waals surface area (Å²) in [6.07, 6.45) is 1.99. The molecule has 0 spiro atoms. The highest BCUT2D eigenvalue weighted by Gasteiger charge is 2.20. The van der Waals surface area contributed by atoms with Gasteiger partial charge in [-0.3, -0.25) is 0 Å². The van der Waals surface area contributed by atoms with Crippen molar-refractivity contribution in [2.45, 2.75) is 9.10 Å². The van der Waals surface area contributed by atoms with E-state index >= 15 is 0 Å². The molecule has 2 N–H and O–H groups in total. The third kappa shape index (κ3) is 2.25. The molecule has 8 heteroatoms. The lowest BCUT2D eigenvalue weighted by Crippen LogP contribution is -1.98. The van der Waals surface area contributed by atoms with Gasteiger partial charge in [-0.05, 0) is 6.07 Å². The average Bonchev–Trinajstić information content (AvgIpc) is 2.27. The molecule has 0 atom stereocenters. The molecule has 80 valence electrons. The number of nitrogens with two attached hydrogens (primary N) is 1. The molecule has 0 saturated carbocycles. The first kappa shape index (κ1) is 11.5. The fourth-order valence-corrected chi connectivity index (χ4v) is 4.02. The molecule has 0 saturated heterocycles. The minimum atomic E-state index is -3.45. The second-order valence-electron chi connectivity index (χ2n) is 2.84. The van der Waals surface area contributed by atoms with E-state index in [-0.39, 0.29) is 14.1 Å². The lowest BCUT2D eigenvalue weighted by atomic mass is 10.6. The number of nitrogen functional groups attached to an aromatic ring is 1. The highest BCUT2D eigenvalue weighted by Crippen LogP contribution is 2.31. The van der Waals surface area contributed by atoms with Crippen molar-refractivity contribution < 1.29 is 16.8 Å². The van der Waals surface area contributed by atoms with Crippen molar-refractivity contribution in [1.29, 1.82) is 0 Å². The summed E-state index contributed by atoms with van der Waals surface area (Å²) in [6.45, 7) is 0. The molecule has 0 aromatic carbocycles. The van der Waals surface area contributed by atoms with Crippen molar-refractivity contribution in [2.75, 3.05) is 18.2 Å². The van der Waals surface area contributed by atoms with Gasteiger partial charge in [0.25, 0.3) is 0 Å². The molecule has 0 unspecified atom stereocenters. The van der Waals surface area contributed by atoms with E-state index in [1.807, 2.05) is 0 Å². The molecule has 1 heterocycles. The Morgan fingerprint density at radius 3 is 1.86 bits per heavy atom. The Hall–Kier alpha value is -0.600. The fraction of sp³-hybridized carbons (Fsp3) is 0.333. The Labute approximate surface area is 86.4 Å². The monoisotopic (exact) mass is 255 g/mol.